The van der Waals surface area contributed by atoms with Crippen LogP contribution in [-0.2, 0) is 16.6 Å². The molecule has 0 aliphatic heterocycles. The van der Waals surface area contributed by atoms with Crippen molar-refractivity contribution < 1.29 is 18.9 Å². The van der Waals surface area contributed by atoms with Gasteiger partial charge in [0.25, 0.3) is 0 Å². The highest BCUT2D eigenvalue weighted by Gasteiger charge is 2.11. The molecule has 1 amide bonds. The lowest BCUT2D eigenvalue weighted by Gasteiger charge is -2.05. The number of aromatic nitrogens is 2. The van der Waals surface area contributed by atoms with Crippen LogP contribution in [0, 0.1) is 0 Å². The van der Waals surface area contributed by atoms with Gasteiger partial charge in [0.05, 0.1) is 25.5 Å². The van der Waals surface area contributed by atoms with E-state index in [9.17, 15) is 9.59 Å². The summed E-state index contributed by atoms with van der Waals surface area (Å²) in [6.07, 6.45) is 3.69. The van der Waals surface area contributed by atoms with E-state index in [0.29, 0.717) is 17.0 Å². The van der Waals surface area contributed by atoms with Gasteiger partial charge in [0, 0.05) is 5.69 Å². The van der Waals surface area contributed by atoms with Gasteiger partial charge in [0.1, 0.15) is 12.4 Å². The van der Waals surface area contributed by atoms with Crippen molar-refractivity contribution in [3.8, 4) is 0 Å². The maximum absolute atomic E-state index is 11.8. The number of esters is 1. The zero-order chi connectivity index (χ0) is 15.2. The summed E-state index contributed by atoms with van der Waals surface area (Å²) in [6.45, 7) is 0. The molecule has 1 aromatic carbocycles. The molecule has 2 N–H and O–H groups in total. The van der Waals surface area contributed by atoms with E-state index in [-0.39, 0.29) is 5.91 Å². The highest BCUT2D eigenvalue weighted by molar-refractivity contribution is 7.99. The van der Waals surface area contributed by atoms with Crippen LogP contribution >= 0.6 is 11.8 Å². The number of benzene rings is 1. The van der Waals surface area contributed by atoms with E-state index in [1.54, 1.807) is 24.3 Å². The molecule has 7 heteroatoms. The number of nitrogens with one attached hydrogen (secondary N) is 2. The third kappa shape index (κ3) is 4.09. The van der Waals surface area contributed by atoms with Crippen LogP contribution in [0.3, 0.4) is 0 Å². The number of carbonyl (C=O) groups is 2. The van der Waals surface area contributed by atoms with E-state index in [1.807, 2.05) is 24.0 Å². The number of imidazole rings is 1. The fourth-order valence-corrected chi connectivity index (χ4v) is 2.43. The van der Waals surface area contributed by atoms with Crippen LogP contribution < -0.4 is 9.88 Å². The summed E-state index contributed by atoms with van der Waals surface area (Å²) >= 11 is 1.41. The Hall–Kier alpha value is -2.28. The largest absolute Gasteiger partial charge is 0.465 e. The van der Waals surface area contributed by atoms with E-state index in [4.69, 9.17) is 0 Å². The van der Waals surface area contributed by atoms with E-state index in [1.165, 1.54) is 18.9 Å². The zero-order valence-electron chi connectivity index (χ0n) is 11.8. The average molecular weight is 306 g/mol. The number of ether oxygens (including phenoxy) is 1. The van der Waals surface area contributed by atoms with Crippen LogP contribution in [0.15, 0.2) is 41.8 Å². The lowest BCUT2D eigenvalue weighted by atomic mass is 10.2. The highest BCUT2D eigenvalue weighted by atomic mass is 32.2. The molecule has 2 aromatic rings. The number of aryl methyl sites for hydroxylation is 1. The van der Waals surface area contributed by atoms with Gasteiger partial charge in [0.15, 0.2) is 0 Å². The molecule has 1 heterocycles. The third-order valence-corrected chi connectivity index (χ3v) is 3.84. The molecule has 2 rings (SSSR count). The fourth-order valence-electron chi connectivity index (χ4n) is 1.67. The molecule has 0 saturated carbocycles. The third-order valence-electron chi connectivity index (χ3n) is 2.76. The minimum Gasteiger partial charge on any atom is -0.465 e. The monoisotopic (exact) mass is 306 g/mol. The predicted molar refractivity (Wildman–Crippen MR) is 79.1 cm³/mol. The van der Waals surface area contributed by atoms with Crippen LogP contribution in [0.4, 0.5) is 5.69 Å². The SMILES string of the molecule is COC(=O)c1ccc(NC(=O)CSc2[nH]cc[n+]2C)cc1. The van der Waals surface area contributed by atoms with Crippen LogP contribution in [0.5, 0.6) is 0 Å². The molecule has 0 unspecified atom stereocenters. The summed E-state index contributed by atoms with van der Waals surface area (Å²) in [7, 11) is 3.23. The number of hydrogen-bond acceptors (Lipinski definition) is 4. The molecular weight excluding hydrogens is 290 g/mol. The summed E-state index contributed by atoms with van der Waals surface area (Å²) in [5, 5.41) is 3.68. The van der Waals surface area contributed by atoms with Gasteiger partial charge < -0.3 is 10.1 Å². The number of amides is 1. The highest BCUT2D eigenvalue weighted by Crippen LogP contribution is 2.13. The van der Waals surface area contributed by atoms with Gasteiger partial charge in [-0.15, -0.1) is 0 Å². The summed E-state index contributed by atoms with van der Waals surface area (Å²) in [5.74, 6) is -0.212. The molecule has 0 saturated heterocycles. The molecule has 21 heavy (non-hydrogen) atoms. The summed E-state index contributed by atoms with van der Waals surface area (Å²) < 4.78 is 6.52. The molecule has 0 spiro atoms. The fraction of sp³-hybridized carbons (Fsp3) is 0.214. The van der Waals surface area contributed by atoms with Crippen LogP contribution in [0.25, 0.3) is 0 Å². The summed E-state index contributed by atoms with van der Waals surface area (Å²) in [5.41, 5.74) is 1.09. The Labute approximate surface area is 126 Å². The topological polar surface area (TPSA) is 75.1 Å². The van der Waals surface area contributed by atoms with Crippen molar-refractivity contribution in [3.05, 3.63) is 42.2 Å². The van der Waals surface area contributed by atoms with E-state index < -0.39 is 5.97 Å². The number of aromatic amines is 1. The van der Waals surface area contributed by atoms with Crippen molar-refractivity contribution in [1.29, 1.82) is 0 Å². The van der Waals surface area contributed by atoms with Crippen molar-refractivity contribution >= 4 is 29.3 Å². The maximum Gasteiger partial charge on any atom is 0.337 e. The number of anilines is 1. The first kappa shape index (κ1) is 15.1. The first-order chi connectivity index (χ1) is 10.1. The van der Waals surface area contributed by atoms with Gasteiger partial charge >= 0.3 is 11.1 Å². The van der Waals surface area contributed by atoms with Gasteiger partial charge in [0.2, 0.25) is 5.91 Å². The second-order valence-corrected chi connectivity index (χ2v) is 5.25. The minimum absolute atomic E-state index is 0.111. The van der Waals surface area contributed by atoms with E-state index in [2.05, 4.69) is 15.0 Å². The van der Waals surface area contributed by atoms with Crippen LogP contribution in [-0.4, -0.2) is 29.7 Å². The lowest BCUT2D eigenvalue weighted by molar-refractivity contribution is -0.708. The Bertz CT molecular complexity index is 637. The van der Waals surface area contributed by atoms with Gasteiger partial charge in [-0.05, 0) is 36.0 Å². The Kier molecular flexibility index (Phi) is 4.99. The number of thioether (sulfide) groups is 1. The minimum atomic E-state index is -0.400. The Morgan fingerprint density at radius 3 is 2.62 bits per heavy atom. The average Bonchev–Trinajstić information content (AvgIpc) is 2.90. The molecule has 6 nitrogen and oxygen atoms in total. The number of rotatable bonds is 5. The number of carbonyl (C=O) groups excluding carboxylic acids is 2. The van der Waals surface area contributed by atoms with Crippen molar-refractivity contribution in [2.24, 2.45) is 7.05 Å². The molecule has 0 atom stereocenters. The molecule has 0 aliphatic carbocycles. The smallest absolute Gasteiger partial charge is 0.337 e. The van der Waals surface area contributed by atoms with E-state index >= 15 is 0 Å². The quantitative estimate of drug-likeness (QED) is 0.497. The zero-order valence-corrected chi connectivity index (χ0v) is 12.6. The number of hydrogen-bond donors (Lipinski definition) is 2. The molecule has 1 aromatic heterocycles. The van der Waals surface area contributed by atoms with Gasteiger partial charge in [-0.25, -0.2) is 14.3 Å². The number of methoxy groups -OCH3 is 1. The van der Waals surface area contributed by atoms with Gasteiger partial charge in [-0.1, -0.05) is 0 Å². The summed E-state index contributed by atoms with van der Waals surface area (Å²) in [4.78, 5) is 26.2. The van der Waals surface area contributed by atoms with Crippen LogP contribution in [0.1, 0.15) is 10.4 Å². The first-order valence-corrected chi connectivity index (χ1v) is 7.22. The lowest BCUT2D eigenvalue weighted by Crippen LogP contribution is -2.28. The second-order valence-electron chi connectivity index (χ2n) is 4.28. The molecular formula is C14H16N3O3S+. The van der Waals surface area contributed by atoms with Crippen molar-refractivity contribution in [2.75, 3.05) is 18.2 Å². The van der Waals surface area contributed by atoms with Gasteiger partial charge in [-0.3, -0.25) is 4.79 Å². The summed E-state index contributed by atoms with van der Waals surface area (Å²) in [6, 6.07) is 6.56. The molecule has 0 radical (unpaired) electrons. The Balaban J connectivity index is 1.88. The maximum atomic E-state index is 11.8. The number of H-pyrrole nitrogens is 1. The number of nitrogens with zero attached hydrogens (tertiary/aromatic N) is 1. The Morgan fingerprint density at radius 1 is 1.33 bits per heavy atom. The standard InChI is InChI=1S/C14H15N3O3S/c1-17-8-7-15-14(17)21-9-12(18)16-11-5-3-10(4-6-11)13(19)20-2/h3-8H,9H2,1-2H3,(H,16,18,19)/p+1. The van der Waals surface area contributed by atoms with Crippen LogP contribution in [0.2, 0.25) is 0 Å². The molecule has 110 valence electrons. The normalized spacial score (nSPS) is 10.2. The molecule has 0 fully saturated rings. The van der Waals surface area contributed by atoms with Gasteiger partial charge in [-0.2, -0.15) is 0 Å². The van der Waals surface area contributed by atoms with Crippen molar-refractivity contribution in [3.63, 3.8) is 0 Å². The Morgan fingerprint density at radius 2 is 2.05 bits per heavy atom. The predicted octanol–water partition coefficient (Wildman–Crippen LogP) is 1.36. The molecule has 0 aliphatic rings. The second kappa shape index (κ2) is 6.94. The molecule has 0 bridgehead atoms. The van der Waals surface area contributed by atoms with E-state index in [0.717, 1.165) is 5.16 Å². The van der Waals surface area contributed by atoms with Crippen molar-refractivity contribution in [1.82, 2.24) is 4.98 Å². The van der Waals surface area contributed by atoms with Crippen molar-refractivity contribution in [2.45, 2.75) is 5.16 Å². The first-order valence-electron chi connectivity index (χ1n) is 6.24.